The number of rotatable bonds is 5. The van der Waals surface area contributed by atoms with E-state index in [9.17, 15) is 0 Å². The summed E-state index contributed by atoms with van der Waals surface area (Å²) in [4.78, 5) is 13.6. The van der Waals surface area contributed by atoms with Crippen LogP contribution in [0.2, 0.25) is 0 Å². The van der Waals surface area contributed by atoms with Crippen LogP contribution < -0.4 is 4.90 Å². The normalized spacial score (nSPS) is 15.9. The topological polar surface area (TPSA) is 84.1 Å². The molecule has 0 radical (unpaired) electrons. The SMILES string of the molecule is Cc1ccc(-c2noc(C(C)N3CCN(c4nnc(-c5ccccn5)s4)CC3)n2)cc1. The summed E-state index contributed by atoms with van der Waals surface area (Å²) in [6.45, 7) is 7.71. The Kier molecular flexibility index (Phi) is 5.44. The second kappa shape index (κ2) is 8.52. The number of pyridine rings is 1. The van der Waals surface area contributed by atoms with Gasteiger partial charge in [-0.1, -0.05) is 52.4 Å². The third-order valence-corrected chi connectivity index (χ3v) is 6.55. The van der Waals surface area contributed by atoms with Crippen LogP contribution in [-0.4, -0.2) is 56.4 Å². The van der Waals surface area contributed by atoms with Crippen molar-refractivity contribution >= 4 is 16.5 Å². The molecule has 8 nitrogen and oxygen atoms in total. The number of anilines is 1. The van der Waals surface area contributed by atoms with E-state index in [0.29, 0.717) is 11.7 Å². The zero-order valence-electron chi connectivity index (χ0n) is 17.5. The van der Waals surface area contributed by atoms with Crippen LogP contribution in [0.15, 0.2) is 53.2 Å². The number of piperazine rings is 1. The van der Waals surface area contributed by atoms with Gasteiger partial charge < -0.3 is 9.42 Å². The molecular formula is C22H23N7OS. The van der Waals surface area contributed by atoms with Gasteiger partial charge in [0.1, 0.15) is 5.69 Å². The van der Waals surface area contributed by atoms with Crippen LogP contribution in [0.5, 0.6) is 0 Å². The molecule has 158 valence electrons. The average molecular weight is 434 g/mol. The van der Waals surface area contributed by atoms with Crippen LogP contribution in [0.25, 0.3) is 22.1 Å². The maximum Gasteiger partial charge on any atom is 0.244 e. The molecule has 0 spiro atoms. The molecule has 31 heavy (non-hydrogen) atoms. The van der Waals surface area contributed by atoms with Gasteiger partial charge in [-0.2, -0.15) is 4.98 Å². The van der Waals surface area contributed by atoms with Crippen molar-refractivity contribution in [2.24, 2.45) is 0 Å². The highest BCUT2D eigenvalue weighted by Crippen LogP contribution is 2.29. The van der Waals surface area contributed by atoms with Crippen molar-refractivity contribution in [2.45, 2.75) is 19.9 Å². The average Bonchev–Trinajstić information content (AvgIpc) is 3.50. The van der Waals surface area contributed by atoms with Gasteiger partial charge in [0.2, 0.25) is 16.8 Å². The Morgan fingerprint density at radius 1 is 1.00 bits per heavy atom. The zero-order valence-corrected chi connectivity index (χ0v) is 18.3. The number of benzene rings is 1. The molecule has 0 saturated carbocycles. The van der Waals surface area contributed by atoms with Crippen molar-refractivity contribution in [3.63, 3.8) is 0 Å². The lowest BCUT2D eigenvalue weighted by Crippen LogP contribution is -2.47. The smallest absolute Gasteiger partial charge is 0.244 e. The number of hydrogen-bond donors (Lipinski definition) is 0. The lowest BCUT2D eigenvalue weighted by Gasteiger charge is -2.36. The quantitative estimate of drug-likeness (QED) is 0.469. The lowest BCUT2D eigenvalue weighted by molar-refractivity contribution is 0.164. The van der Waals surface area contributed by atoms with Gasteiger partial charge in [0, 0.05) is 37.9 Å². The highest BCUT2D eigenvalue weighted by atomic mass is 32.1. The molecule has 1 saturated heterocycles. The Bertz CT molecular complexity index is 1130. The first-order valence-electron chi connectivity index (χ1n) is 10.3. The molecule has 5 rings (SSSR count). The molecule has 0 aliphatic carbocycles. The Labute approximate surface area is 184 Å². The molecule has 0 bridgehead atoms. The van der Waals surface area contributed by atoms with Crippen LogP contribution >= 0.6 is 11.3 Å². The Hall–Kier alpha value is -3.17. The van der Waals surface area contributed by atoms with E-state index in [1.165, 1.54) is 5.56 Å². The predicted molar refractivity (Wildman–Crippen MR) is 120 cm³/mol. The highest BCUT2D eigenvalue weighted by molar-refractivity contribution is 7.18. The third-order valence-electron chi connectivity index (χ3n) is 5.54. The van der Waals surface area contributed by atoms with E-state index in [2.05, 4.69) is 61.1 Å². The third kappa shape index (κ3) is 4.19. The maximum absolute atomic E-state index is 5.58. The van der Waals surface area contributed by atoms with Crippen molar-refractivity contribution in [3.05, 3.63) is 60.1 Å². The maximum atomic E-state index is 5.58. The molecule has 4 heterocycles. The molecule has 1 unspecified atom stereocenters. The van der Waals surface area contributed by atoms with E-state index in [-0.39, 0.29) is 6.04 Å². The first-order chi connectivity index (χ1) is 15.2. The van der Waals surface area contributed by atoms with Crippen molar-refractivity contribution in [1.29, 1.82) is 0 Å². The van der Waals surface area contributed by atoms with Crippen molar-refractivity contribution < 1.29 is 4.52 Å². The summed E-state index contributed by atoms with van der Waals surface area (Å²) in [6, 6.07) is 14.0. The van der Waals surface area contributed by atoms with E-state index in [1.54, 1.807) is 17.5 Å². The molecular weight excluding hydrogens is 410 g/mol. The molecule has 0 N–H and O–H groups in total. The van der Waals surface area contributed by atoms with E-state index in [4.69, 9.17) is 4.52 Å². The molecule has 1 aliphatic heterocycles. The molecule has 1 atom stereocenters. The fraction of sp³-hybridized carbons (Fsp3) is 0.318. The van der Waals surface area contributed by atoms with Gasteiger partial charge >= 0.3 is 0 Å². The summed E-state index contributed by atoms with van der Waals surface area (Å²) in [5.74, 6) is 1.29. The van der Waals surface area contributed by atoms with Gasteiger partial charge in [-0.05, 0) is 26.0 Å². The van der Waals surface area contributed by atoms with Gasteiger partial charge in [-0.3, -0.25) is 9.88 Å². The van der Waals surface area contributed by atoms with E-state index in [0.717, 1.165) is 47.6 Å². The monoisotopic (exact) mass is 433 g/mol. The molecule has 1 aromatic carbocycles. The van der Waals surface area contributed by atoms with Gasteiger partial charge in [0.25, 0.3) is 0 Å². The van der Waals surface area contributed by atoms with Crippen LogP contribution in [0.1, 0.15) is 24.4 Å². The molecule has 4 aromatic rings. The van der Waals surface area contributed by atoms with Gasteiger partial charge in [-0.25, -0.2) is 0 Å². The highest BCUT2D eigenvalue weighted by Gasteiger charge is 2.27. The van der Waals surface area contributed by atoms with Gasteiger partial charge in [0.05, 0.1) is 6.04 Å². The van der Waals surface area contributed by atoms with Gasteiger partial charge in [-0.15, -0.1) is 10.2 Å². The standard InChI is InChI=1S/C22H23N7OS/c1-15-6-8-17(9-7-15)19-24-20(30-27-19)16(2)28-11-13-29(14-12-28)22-26-25-21(31-22)18-5-3-4-10-23-18/h3-10,16H,11-14H2,1-2H3. The number of hydrogen-bond acceptors (Lipinski definition) is 9. The van der Waals surface area contributed by atoms with Crippen molar-refractivity contribution in [1.82, 2.24) is 30.2 Å². The summed E-state index contributed by atoms with van der Waals surface area (Å²) in [5, 5.41) is 14.7. The Balaban J connectivity index is 1.22. The minimum atomic E-state index is 0.0624. The summed E-state index contributed by atoms with van der Waals surface area (Å²) in [7, 11) is 0. The summed E-state index contributed by atoms with van der Waals surface area (Å²) < 4.78 is 5.58. The second-order valence-corrected chi connectivity index (χ2v) is 8.58. The Morgan fingerprint density at radius 3 is 2.55 bits per heavy atom. The van der Waals surface area contributed by atoms with Gasteiger partial charge in [0.15, 0.2) is 5.01 Å². The molecule has 1 aliphatic rings. The van der Waals surface area contributed by atoms with Crippen LogP contribution in [0.4, 0.5) is 5.13 Å². The van der Waals surface area contributed by atoms with Crippen molar-refractivity contribution in [2.75, 3.05) is 31.1 Å². The summed E-state index contributed by atoms with van der Waals surface area (Å²) in [6.07, 6.45) is 1.78. The number of nitrogens with zero attached hydrogens (tertiary/aromatic N) is 7. The fourth-order valence-corrected chi connectivity index (χ4v) is 4.49. The van der Waals surface area contributed by atoms with E-state index in [1.807, 2.05) is 30.3 Å². The first-order valence-corrected chi connectivity index (χ1v) is 11.1. The van der Waals surface area contributed by atoms with Crippen molar-refractivity contribution in [3.8, 4) is 22.1 Å². The minimum Gasteiger partial charge on any atom is -0.344 e. The number of aromatic nitrogens is 5. The summed E-state index contributed by atoms with van der Waals surface area (Å²) in [5.41, 5.74) is 3.04. The Morgan fingerprint density at radius 2 is 1.81 bits per heavy atom. The van der Waals surface area contributed by atoms with E-state index >= 15 is 0 Å². The second-order valence-electron chi connectivity index (χ2n) is 7.63. The molecule has 0 amide bonds. The molecule has 9 heteroatoms. The fourth-order valence-electron chi connectivity index (χ4n) is 3.62. The first kappa shape index (κ1) is 19.8. The lowest BCUT2D eigenvalue weighted by atomic mass is 10.1. The molecule has 1 fully saturated rings. The number of aryl methyl sites for hydroxylation is 1. The zero-order chi connectivity index (χ0) is 21.2. The molecule has 3 aromatic heterocycles. The van der Waals surface area contributed by atoms with E-state index < -0.39 is 0 Å². The summed E-state index contributed by atoms with van der Waals surface area (Å²) >= 11 is 1.58. The van der Waals surface area contributed by atoms with Crippen LogP contribution in [-0.2, 0) is 0 Å². The van der Waals surface area contributed by atoms with Crippen LogP contribution in [0.3, 0.4) is 0 Å². The largest absolute Gasteiger partial charge is 0.344 e. The van der Waals surface area contributed by atoms with Crippen LogP contribution in [0, 0.1) is 6.92 Å². The predicted octanol–water partition coefficient (Wildman–Crippen LogP) is 3.84. The minimum absolute atomic E-state index is 0.0624.